The van der Waals surface area contributed by atoms with Crippen molar-refractivity contribution in [3.63, 3.8) is 0 Å². The molecule has 0 radical (unpaired) electrons. The van der Waals surface area contributed by atoms with Gasteiger partial charge in [0.05, 0.1) is 83.3 Å². The van der Waals surface area contributed by atoms with Crippen molar-refractivity contribution in [3.8, 4) is 0 Å². The van der Waals surface area contributed by atoms with Crippen LogP contribution >= 0.6 is 0 Å². The van der Waals surface area contributed by atoms with Gasteiger partial charge in [0.2, 0.25) is 23.6 Å². The smallest absolute Gasteiger partial charge is 0.364 e. The molecule has 0 bridgehead atoms. The van der Waals surface area contributed by atoms with Gasteiger partial charge in [-0.15, -0.1) is 0 Å². The summed E-state index contributed by atoms with van der Waals surface area (Å²) in [6, 6.07) is -6.91. The van der Waals surface area contributed by atoms with Crippen molar-refractivity contribution in [3.05, 3.63) is 12.2 Å². The zero-order valence-corrected chi connectivity index (χ0v) is 83.3. The number of unbranched alkanes of at least 4 members (excludes halogenated alkanes) is 27. The first-order valence-electron chi connectivity index (χ1n) is 51.5. The monoisotopic (exact) mass is 2090 g/mol. The van der Waals surface area contributed by atoms with Crippen LogP contribution in [-0.4, -0.2) is 468 Å². The second kappa shape index (κ2) is 63.3. The minimum absolute atomic E-state index is 0.103. The molecular weight excluding hydrogens is 1920 g/mol. The maximum absolute atomic E-state index is 13.8. The van der Waals surface area contributed by atoms with Crippen LogP contribution in [0.15, 0.2) is 12.2 Å². The van der Waals surface area contributed by atoms with E-state index >= 15 is 0 Å². The van der Waals surface area contributed by atoms with Crippen LogP contribution in [0.1, 0.15) is 241 Å². The molecule has 0 aromatic heterocycles. The molecule has 43 atom stereocenters. The number of carboxylic acids is 1. The molecule has 8 saturated heterocycles. The van der Waals surface area contributed by atoms with E-state index in [1.54, 1.807) is 6.08 Å². The number of amides is 4. The predicted molar refractivity (Wildman–Crippen MR) is 496 cm³/mol. The lowest BCUT2D eigenvalue weighted by Gasteiger charge is -2.53. The molecule has 838 valence electrons. The summed E-state index contributed by atoms with van der Waals surface area (Å²) in [4.78, 5) is 66.3. The number of carbonyl (C=O) groups excluding carboxylic acids is 4. The van der Waals surface area contributed by atoms with Gasteiger partial charge in [-0.1, -0.05) is 193 Å². The number of rotatable bonds is 63. The topological polar surface area (TPSA) is 767 Å². The molecule has 8 aliphatic rings. The molecule has 49 nitrogen and oxygen atoms in total. The molecule has 0 spiro atoms. The minimum atomic E-state index is -3.35. The molecule has 144 heavy (non-hydrogen) atoms. The van der Waals surface area contributed by atoms with Crippen molar-refractivity contribution >= 4 is 29.6 Å². The van der Waals surface area contributed by atoms with Crippen molar-refractivity contribution in [2.45, 2.75) is 504 Å². The van der Waals surface area contributed by atoms with Gasteiger partial charge in [-0.2, -0.15) is 0 Å². The first-order valence-corrected chi connectivity index (χ1v) is 51.5. The third-order valence-corrected chi connectivity index (χ3v) is 27.8. The molecule has 0 aromatic carbocycles. The standard InChI is InChI=1S/C95H168N4O45/c1-7-9-11-13-15-17-19-21-22-23-24-26-28-30-32-34-36-38-62(113)99-52(53(110)37-35-33-31-29-27-25-20-18-16-14-12-10-8-2)47-129-89-75(123)73(121)79(59(44-104)135-89)137-93-78(126)86(81(61(46-106)136-93)138-87-64(97-50(5)108)71(119)68(116)56(41-101)131-87)142-91-76(124)84(69(117)57(42-102)132-91)141-88-65(98-51(6)109)83(140-90-74(122)72(120)66(114)48(3)130-90)80(60(45-105)134-88)139-92-77(125)85(70(118)58(43-103)133-92)144-95(94(127)128)39-54(111)63(96-49(4)107)82(143-95)67(115)55(112)40-100/h35,37,48,52-61,63-93,100-106,110-112,114-126H,7-34,36,38-47H2,1-6H3,(H,96,107)(H,97,108)(H,98,109)(H,99,113)(H,127,128)/b37-35+/t48?,52-,53+,54?,55+,56?,57?,58?,59?,60?,61?,63+,64?,65?,66+,67+,68-,69-,70-,71+,72?,73+,74-,75?,76?,77?,78?,79+,80+,81-,82?,83+,84-,85-,86+,87-,88-,89+,90+,91+,92-,93-,95-/m0/s1. The quantitative estimate of drug-likeness (QED) is 0.0199. The van der Waals surface area contributed by atoms with E-state index in [1.807, 2.05) is 0 Å². The molecule has 0 aliphatic carbocycles. The van der Waals surface area contributed by atoms with Gasteiger partial charge in [0.15, 0.2) is 44.0 Å². The number of hydrogen-bond acceptors (Lipinski definition) is 44. The lowest BCUT2D eigenvalue weighted by molar-refractivity contribution is -0.406. The van der Waals surface area contributed by atoms with Crippen LogP contribution in [-0.2, 0) is 99.8 Å². The van der Waals surface area contributed by atoms with Gasteiger partial charge >= 0.3 is 5.97 Å². The summed E-state index contributed by atoms with van der Waals surface area (Å²) in [5.74, 6) is -8.75. The van der Waals surface area contributed by atoms with Gasteiger partial charge in [-0.25, -0.2) is 4.79 Å². The molecule has 8 heterocycles. The normalized spacial score (nSPS) is 38.4. The fourth-order valence-corrected chi connectivity index (χ4v) is 19.5. The number of aliphatic hydroxyl groups is 23. The summed E-state index contributed by atoms with van der Waals surface area (Å²) in [7, 11) is 0. The van der Waals surface area contributed by atoms with Crippen molar-refractivity contribution in [1.29, 1.82) is 0 Å². The zero-order chi connectivity index (χ0) is 106. The van der Waals surface area contributed by atoms with Gasteiger partial charge in [-0.05, 0) is 26.2 Å². The third kappa shape index (κ3) is 35.3. The summed E-state index contributed by atoms with van der Waals surface area (Å²) < 4.78 is 97.9. The fourth-order valence-electron chi connectivity index (χ4n) is 19.5. The van der Waals surface area contributed by atoms with Gasteiger partial charge in [0.1, 0.15) is 183 Å². The first-order chi connectivity index (χ1) is 68.8. The van der Waals surface area contributed by atoms with Crippen molar-refractivity contribution in [2.24, 2.45) is 0 Å². The number of hydrogen-bond donors (Lipinski definition) is 28. The summed E-state index contributed by atoms with van der Waals surface area (Å²) in [6.07, 6.45) is -47.4. The molecule has 28 N–H and O–H groups in total. The Balaban J connectivity index is 1.06. The Morgan fingerprint density at radius 2 is 0.750 bits per heavy atom. The number of aliphatic hydroxyl groups excluding tert-OH is 23. The van der Waals surface area contributed by atoms with Crippen LogP contribution < -0.4 is 21.3 Å². The third-order valence-electron chi connectivity index (χ3n) is 27.8. The van der Waals surface area contributed by atoms with Crippen LogP contribution in [0.25, 0.3) is 0 Å². The van der Waals surface area contributed by atoms with Crippen LogP contribution in [0.2, 0.25) is 0 Å². The molecule has 8 fully saturated rings. The van der Waals surface area contributed by atoms with Crippen LogP contribution in [0, 0.1) is 0 Å². The molecule has 8 rings (SSSR count). The van der Waals surface area contributed by atoms with Crippen molar-refractivity contribution in [1.82, 2.24) is 21.3 Å². The number of aliphatic carboxylic acids is 1. The second-order valence-electron chi connectivity index (χ2n) is 39.1. The molecule has 49 heteroatoms. The van der Waals surface area contributed by atoms with E-state index in [4.69, 9.17) is 75.8 Å². The van der Waals surface area contributed by atoms with E-state index in [2.05, 4.69) is 35.1 Å². The Morgan fingerprint density at radius 1 is 0.375 bits per heavy atom. The average Bonchev–Trinajstić information content (AvgIpc) is 0.751. The highest BCUT2D eigenvalue weighted by atomic mass is 16.8. The van der Waals surface area contributed by atoms with Crippen LogP contribution in [0.4, 0.5) is 0 Å². The molecule has 8 aliphatic heterocycles. The fraction of sp³-hybridized carbons (Fsp3) is 0.926. The van der Waals surface area contributed by atoms with E-state index in [0.29, 0.717) is 12.8 Å². The van der Waals surface area contributed by atoms with E-state index in [9.17, 15) is 147 Å². The van der Waals surface area contributed by atoms with Gasteiger partial charge in [0.25, 0.3) is 5.79 Å². The maximum atomic E-state index is 13.8. The molecule has 0 aromatic rings. The Kier molecular flexibility index (Phi) is 54.8. The summed E-state index contributed by atoms with van der Waals surface area (Å²) in [5, 5.41) is 284. The SMILES string of the molecule is CCCCCCCCCCCCC/C=C/[C@@H](O)[C@H](CO[C@@H]1OC(CO)[C@@H](O[C@@H]2OC(CO)[C@H](O[C@@H]3OC(CO)[C@H](O)[C@H](O)C3NC(C)=O)[C@H](O[C@H]3OC(CO)[C@H](O)[C@H](O[C@@H]4OC(CO)[C@@H](O[C@@H]5OC(CO)[C@H](O)[C@H](O[C@]6(C(=O)O)CC(O)[C@@H](NC(C)=O)C([C@H](O)[C@H](O)CO)O6)C5O)[C@H](O[C@H]5OC(C)[C@@H](O)C(O)[C@@H]5O)C4NC(C)=O)C3O)C2O)[C@H](O)C1O)NC(=O)CCCCCCCCCCCCCCCCCCC. The Morgan fingerprint density at radius 3 is 1.25 bits per heavy atom. The molecule has 4 amide bonds. The lowest BCUT2D eigenvalue weighted by atomic mass is 9.88. The van der Waals surface area contributed by atoms with Gasteiger partial charge in [-0.3, -0.25) is 19.2 Å². The highest BCUT2D eigenvalue weighted by Crippen LogP contribution is 2.43. The van der Waals surface area contributed by atoms with Crippen molar-refractivity contribution in [2.75, 3.05) is 52.9 Å². The Bertz CT molecular complexity index is 3660. The second-order valence-corrected chi connectivity index (χ2v) is 39.1. The van der Waals surface area contributed by atoms with Crippen molar-refractivity contribution < 1.29 is 222 Å². The Labute approximate surface area is 838 Å². The number of carbonyl (C=O) groups is 5. The molecule has 0 saturated carbocycles. The Hall–Kier alpha value is -4.47. The van der Waals surface area contributed by atoms with E-state index in [-0.39, 0.29) is 6.42 Å². The molecule has 16 unspecified atom stereocenters. The predicted octanol–water partition coefficient (Wildman–Crippen LogP) is -5.62. The highest BCUT2D eigenvalue weighted by molar-refractivity contribution is 5.77. The molecular formula is C95H168N4O45. The number of carboxylic acid groups (broad SMARTS) is 1. The average molecular weight is 2090 g/mol. The summed E-state index contributed by atoms with van der Waals surface area (Å²) >= 11 is 0. The number of allylic oxidation sites excluding steroid dienone is 1. The maximum Gasteiger partial charge on any atom is 0.364 e. The largest absolute Gasteiger partial charge is 0.477 e. The summed E-state index contributed by atoms with van der Waals surface area (Å²) in [6.45, 7) is -0.501. The highest BCUT2D eigenvalue weighted by Gasteiger charge is 2.64. The summed E-state index contributed by atoms with van der Waals surface area (Å²) in [5.41, 5.74) is 0. The van der Waals surface area contributed by atoms with Gasteiger partial charge in [0, 0.05) is 33.6 Å². The van der Waals surface area contributed by atoms with Gasteiger partial charge < -0.3 is 220 Å². The number of ether oxygens (including phenoxy) is 16. The first kappa shape index (κ1) is 125. The van der Waals surface area contributed by atoms with E-state index < -0.39 is 352 Å². The van der Waals surface area contributed by atoms with Crippen LogP contribution in [0.5, 0.6) is 0 Å². The number of nitrogens with one attached hydrogen (secondary N) is 4. The van der Waals surface area contributed by atoms with E-state index in [0.717, 1.165) is 85.0 Å². The lowest BCUT2D eigenvalue weighted by Crippen LogP contribution is -2.72. The van der Waals surface area contributed by atoms with E-state index in [1.165, 1.54) is 122 Å². The zero-order valence-electron chi connectivity index (χ0n) is 83.3. The minimum Gasteiger partial charge on any atom is -0.477 e. The van der Waals surface area contributed by atoms with Crippen LogP contribution in [0.3, 0.4) is 0 Å².